The highest BCUT2D eigenvalue weighted by Gasteiger charge is 2.46. The third kappa shape index (κ3) is 9.51. The molecule has 0 saturated carbocycles. The van der Waals surface area contributed by atoms with E-state index >= 15 is 0 Å². The number of benzene rings is 19. The van der Waals surface area contributed by atoms with Gasteiger partial charge in [-0.2, -0.15) is 0 Å². The van der Waals surface area contributed by atoms with Gasteiger partial charge in [0.25, 0.3) is 6.71 Å². The topological polar surface area (TPSA) is 6.48 Å². The SMILES string of the molecule is [2H]c1c2c3c(c([2H])c1C(C)(C)C)N(c1c(-c4cccc5ccc6ccccc6c45)cccc1-c1cccc4ccc5ccccc5c14)c1ccc(-c4ccccc4)cc1B3c1cc(-c3ccccc3)ccc1N2c1c(-c2cccc3ccc4ccccc4c23)cccc1-c1cccc2ccc3ccccc3c12. The normalized spacial score (nSPS) is 12.9. The lowest BCUT2D eigenvalue weighted by molar-refractivity contribution is 0.590. The molecule has 2 aliphatic rings. The van der Waals surface area contributed by atoms with Crippen LogP contribution in [0.5, 0.6) is 0 Å². The van der Waals surface area contributed by atoms with Gasteiger partial charge in [-0.15, -0.1) is 0 Å². The first-order valence-electron chi connectivity index (χ1n) is 37.7. The second-order valence-electron chi connectivity index (χ2n) is 29.5. The van der Waals surface area contributed by atoms with Gasteiger partial charge in [0.2, 0.25) is 0 Å². The van der Waals surface area contributed by atoms with Gasteiger partial charge in [-0.3, -0.25) is 0 Å². The summed E-state index contributed by atoms with van der Waals surface area (Å²) in [6.45, 7) is 6.11. The van der Waals surface area contributed by atoms with Gasteiger partial charge in [-0.25, -0.2) is 0 Å². The van der Waals surface area contributed by atoms with E-state index in [2.05, 4.69) is 382 Å². The van der Waals surface area contributed by atoms with Crippen molar-refractivity contribution in [1.29, 1.82) is 0 Å². The standard InChI is InChI=1S/C102H69BN2/c1-102(2,3)76-62-93-99-94(63-76)105(101-87(83-42-20-34-72-54-50-68-30-12-16-38-79(68)97(72)83)46-23-47-88(101)84-43-21-35-73-55-51-69-31-13-17-39-80(69)98(73)84)92-59-57-75(65-26-8-5-9-27-65)61-90(92)103(99)89-60-74(64-24-6-4-7-25-64)56-58-91(89)104(93)100-85(81-40-18-32-70-52-48-66-28-10-14-36-77(66)95(70)81)44-22-45-86(100)82-41-19-33-71-53-49-67-29-11-15-37-78(67)96(71)82/h4-63H,1-3H3/i62D,63D. The van der Waals surface area contributed by atoms with Gasteiger partial charge >= 0.3 is 0 Å². The molecule has 0 spiro atoms. The van der Waals surface area contributed by atoms with E-state index in [9.17, 15) is 2.74 Å². The Labute approximate surface area is 614 Å². The maximum absolute atomic E-state index is 11.8. The summed E-state index contributed by atoms with van der Waals surface area (Å²) in [7, 11) is 0. The van der Waals surface area contributed by atoms with E-state index in [4.69, 9.17) is 0 Å². The largest absolute Gasteiger partial charge is 0.310 e. The molecule has 0 aromatic heterocycles. The predicted molar refractivity (Wildman–Crippen MR) is 452 cm³/mol. The fourth-order valence-electron chi connectivity index (χ4n) is 17.9. The number of fused-ring (bicyclic) bond motifs is 16. The van der Waals surface area contributed by atoms with E-state index in [0.717, 1.165) is 182 Å². The average molecular weight is 1340 g/mol. The number of hydrogen-bond acceptors (Lipinski definition) is 2. The summed E-state index contributed by atoms with van der Waals surface area (Å²) >= 11 is 0. The van der Waals surface area contributed by atoms with Crippen molar-refractivity contribution < 1.29 is 2.74 Å². The number of para-hydroxylation sites is 2. The van der Waals surface area contributed by atoms with Gasteiger partial charge in [0.05, 0.1) is 14.1 Å². The molecule has 0 atom stereocenters. The van der Waals surface area contributed by atoms with Crippen molar-refractivity contribution in [3.8, 4) is 66.8 Å². The van der Waals surface area contributed by atoms with Crippen molar-refractivity contribution in [2.45, 2.75) is 26.2 Å². The lowest BCUT2D eigenvalue weighted by atomic mass is 9.33. The lowest BCUT2D eigenvalue weighted by Crippen LogP contribution is -2.61. The maximum Gasteiger partial charge on any atom is 0.252 e. The zero-order chi connectivity index (χ0) is 71.3. The van der Waals surface area contributed by atoms with Crippen molar-refractivity contribution in [2.75, 3.05) is 9.80 Å². The first-order valence-corrected chi connectivity index (χ1v) is 36.7. The summed E-state index contributed by atoms with van der Waals surface area (Å²) in [5.41, 5.74) is 21.1. The number of anilines is 6. The lowest BCUT2D eigenvalue weighted by Gasteiger charge is -2.46. The first-order chi connectivity index (χ1) is 52.6. The minimum atomic E-state index is -0.738. The third-order valence-electron chi connectivity index (χ3n) is 22.6. The molecular weight excluding hydrogens is 1260 g/mol. The quantitative estimate of drug-likeness (QED) is 0.111. The minimum absolute atomic E-state index is 0.327. The van der Waals surface area contributed by atoms with Crippen molar-refractivity contribution in [1.82, 2.24) is 0 Å². The second-order valence-corrected chi connectivity index (χ2v) is 29.5. The summed E-state index contributed by atoms with van der Waals surface area (Å²) in [6.07, 6.45) is 0. The molecule has 0 aliphatic carbocycles. The molecule has 0 N–H and O–H groups in total. The van der Waals surface area contributed by atoms with Crippen LogP contribution in [0.3, 0.4) is 0 Å². The van der Waals surface area contributed by atoms with Crippen molar-refractivity contribution >= 4 is 143 Å². The molecule has 0 fully saturated rings. The van der Waals surface area contributed by atoms with Crippen LogP contribution in [0.4, 0.5) is 34.1 Å². The molecule has 21 rings (SSSR count). The van der Waals surface area contributed by atoms with Crippen LogP contribution in [-0.4, -0.2) is 6.71 Å². The third-order valence-corrected chi connectivity index (χ3v) is 22.6. The number of rotatable bonds is 8. The smallest absolute Gasteiger partial charge is 0.252 e. The highest BCUT2D eigenvalue weighted by Crippen LogP contribution is 2.57. The van der Waals surface area contributed by atoms with Gasteiger partial charge in [0.15, 0.2) is 0 Å². The Kier molecular flexibility index (Phi) is 13.2. The molecule has 19 aromatic rings. The van der Waals surface area contributed by atoms with Gasteiger partial charge in [0, 0.05) is 45.0 Å². The summed E-state index contributed by atoms with van der Waals surface area (Å²) in [4.78, 5) is 5.06. The molecule has 105 heavy (non-hydrogen) atoms. The van der Waals surface area contributed by atoms with Gasteiger partial charge in [-0.05, 0) is 182 Å². The van der Waals surface area contributed by atoms with Crippen LogP contribution >= 0.6 is 0 Å². The molecule has 2 aliphatic heterocycles. The molecule has 0 unspecified atom stereocenters. The van der Waals surface area contributed by atoms with Crippen LogP contribution in [0.1, 0.15) is 29.1 Å². The number of nitrogens with zero attached hydrogens (tertiary/aromatic N) is 2. The molecule has 2 nitrogen and oxygen atoms in total. The van der Waals surface area contributed by atoms with Gasteiger partial charge < -0.3 is 9.80 Å². The van der Waals surface area contributed by atoms with E-state index in [-0.39, 0.29) is 0 Å². The number of hydrogen-bond donors (Lipinski definition) is 0. The second kappa shape index (κ2) is 23.8. The summed E-state index contributed by atoms with van der Waals surface area (Å²) in [5.74, 6) is 0. The highest BCUT2D eigenvalue weighted by atomic mass is 15.2. The van der Waals surface area contributed by atoms with E-state index in [1.54, 1.807) is 0 Å². The Hall–Kier alpha value is -13.1. The van der Waals surface area contributed by atoms with Crippen LogP contribution in [0.2, 0.25) is 0 Å². The molecule has 490 valence electrons. The molecule has 0 bridgehead atoms. The molecule has 19 aromatic carbocycles. The van der Waals surface area contributed by atoms with E-state index < -0.39 is 12.1 Å². The molecule has 3 heteroatoms. The Balaban J connectivity index is 0.978. The highest BCUT2D eigenvalue weighted by molar-refractivity contribution is 7.00. The Morgan fingerprint density at radius 1 is 0.248 bits per heavy atom. The molecule has 0 saturated heterocycles. The molecular formula is C102H69BN2. The Morgan fingerprint density at radius 3 is 0.848 bits per heavy atom. The summed E-state index contributed by atoms with van der Waals surface area (Å²) in [5, 5.41) is 18.5. The van der Waals surface area contributed by atoms with Crippen molar-refractivity contribution in [2.24, 2.45) is 0 Å². The molecule has 2 heterocycles. The zero-order valence-electron chi connectivity index (χ0n) is 60.5. The van der Waals surface area contributed by atoms with Crippen LogP contribution in [-0.2, 0) is 5.41 Å². The fraction of sp³-hybridized carbons (Fsp3) is 0.0392. The van der Waals surface area contributed by atoms with E-state index in [1.807, 2.05) is 0 Å². The van der Waals surface area contributed by atoms with Crippen LogP contribution in [0.15, 0.2) is 364 Å². The zero-order valence-corrected chi connectivity index (χ0v) is 58.5. The molecule has 0 amide bonds. The summed E-state index contributed by atoms with van der Waals surface area (Å²) < 4.78 is 23.5. The van der Waals surface area contributed by atoms with Gasteiger partial charge in [0.1, 0.15) is 0 Å². The van der Waals surface area contributed by atoms with E-state index in [1.165, 1.54) is 21.5 Å². The van der Waals surface area contributed by atoms with Gasteiger partial charge in [-0.1, -0.05) is 360 Å². The first kappa shape index (κ1) is 58.6. The average Bonchev–Trinajstić information content (AvgIpc) is 0.670. The van der Waals surface area contributed by atoms with Crippen LogP contribution < -0.4 is 26.2 Å². The predicted octanol–water partition coefficient (Wildman–Crippen LogP) is 26.3. The summed E-state index contributed by atoms with van der Waals surface area (Å²) in [6, 6.07) is 131. The Bertz CT molecular complexity index is 6290. The fourth-order valence-corrected chi connectivity index (χ4v) is 17.9. The molecule has 0 radical (unpaired) electrons. The van der Waals surface area contributed by atoms with E-state index in [0.29, 0.717) is 17.6 Å². The van der Waals surface area contributed by atoms with Crippen molar-refractivity contribution in [3.05, 3.63) is 369 Å². The maximum atomic E-state index is 11.8. The minimum Gasteiger partial charge on any atom is -0.310 e. The Morgan fingerprint density at radius 2 is 0.524 bits per heavy atom. The monoisotopic (exact) mass is 1330 g/mol. The van der Waals surface area contributed by atoms with Crippen molar-refractivity contribution in [3.63, 3.8) is 0 Å². The van der Waals surface area contributed by atoms with Crippen LogP contribution in [0.25, 0.3) is 153 Å². The van der Waals surface area contributed by atoms with Crippen LogP contribution in [0, 0.1) is 0 Å².